The predicted octanol–water partition coefficient (Wildman–Crippen LogP) is 0.840. The van der Waals surface area contributed by atoms with E-state index in [1.807, 2.05) is 0 Å². The van der Waals surface area contributed by atoms with E-state index in [0.717, 1.165) is 4.47 Å². The molecule has 0 saturated heterocycles. The topological polar surface area (TPSA) is 105 Å². The molecule has 0 radical (unpaired) electrons. The molecule has 0 fully saturated rings. The highest BCUT2D eigenvalue weighted by Gasteiger charge is 2.07. The van der Waals surface area contributed by atoms with Gasteiger partial charge in [-0.05, 0) is 24.3 Å². The smallest absolute Gasteiger partial charge is 0.303 e. The summed E-state index contributed by atoms with van der Waals surface area (Å²) in [5, 5.41) is 8.38. The zero-order valence-corrected chi connectivity index (χ0v) is 12.0. The van der Waals surface area contributed by atoms with Crippen LogP contribution in [0.2, 0.25) is 0 Å². The highest BCUT2D eigenvalue weighted by Crippen LogP contribution is 2.15. The Morgan fingerprint density at radius 2 is 1.65 bits per heavy atom. The quantitative estimate of drug-likeness (QED) is 0.663. The molecule has 0 aliphatic heterocycles. The molecule has 0 aliphatic rings. The lowest BCUT2D eigenvalue weighted by molar-refractivity contribution is -0.139. The Bertz CT molecular complexity index is 489. The van der Waals surface area contributed by atoms with Gasteiger partial charge in [-0.25, -0.2) is 0 Å². The molecule has 0 atom stereocenters. The molecule has 0 bridgehead atoms. The van der Waals surface area contributed by atoms with Crippen LogP contribution in [0.4, 0.5) is 0 Å². The largest absolute Gasteiger partial charge is 0.484 e. The van der Waals surface area contributed by atoms with Gasteiger partial charge in [0, 0.05) is 10.9 Å². The number of halogens is 1. The van der Waals surface area contributed by atoms with Crippen molar-refractivity contribution in [2.75, 3.05) is 6.61 Å². The molecule has 108 valence electrons. The normalized spacial score (nSPS) is 9.65. The number of rotatable bonds is 6. The van der Waals surface area contributed by atoms with Gasteiger partial charge in [-0.1, -0.05) is 15.9 Å². The van der Waals surface area contributed by atoms with E-state index in [-0.39, 0.29) is 19.4 Å². The van der Waals surface area contributed by atoms with Crippen molar-refractivity contribution in [1.29, 1.82) is 0 Å². The number of hydrazine groups is 1. The Hall–Kier alpha value is -2.09. The van der Waals surface area contributed by atoms with Gasteiger partial charge in [-0.3, -0.25) is 25.2 Å². The van der Waals surface area contributed by atoms with E-state index in [9.17, 15) is 14.4 Å². The van der Waals surface area contributed by atoms with E-state index >= 15 is 0 Å². The number of aliphatic carboxylic acids is 1. The zero-order chi connectivity index (χ0) is 15.0. The van der Waals surface area contributed by atoms with Crippen molar-refractivity contribution in [3.8, 4) is 5.75 Å². The molecule has 0 spiro atoms. The second kappa shape index (κ2) is 8.16. The second-order valence-corrected chi connectivity index (χ2v) is 4.65. The van der Waals surface area contributed by atoms with Crippen molar-refractivity contribution in [2.24, 2.45) is 0 Å². The number of benzene rings is 1. The Labute approximate surface area is 123 Å². The van der Waals surface area contributed by atoms with Crippen LogP contribution in [0, 0.1) is 0 Å². The van der Waals surface area contributed by atoms with Crippen LogP contribution >= 0.6 is 15.9 Å². The van der Waals surface area contributed by atoms with Crippen LogP contribution in [-0.4, -0.2) is 29.5 Å². The van der Waals surface area contributed by atoms with Crippen LogP contribution in [0.25, 0.3) is 0 Å². The molecule has 1 rings (SSSR count). The first-order valence-electron chi connectivity index (χ1n) is 5.65. The molecule has 0 saturated carbocycles. The van der Waals surface area contributed by atoms with Crippen molar-refractivity contribution >= 4 is 33.7 Å². The van der Waals surface area contributed by atoms with Crippen molar-refractivity contribution in [1.82, 2.24) is 10.9 Å². The Morgan fingerprint density at radius 1 is 1.05 bits per heavy atom. The number of hydrogen-bond donors (Lipinski definition) is 3. The van der Waals surface area contributed by atoms with Gasteiger partial charge >= 0.3 is 5.97 Å². The van der Waals surface area contributed by atoms with E-state index < -0.39 is 17.8 Å². The molecule has 1 aromatic rings. The van der Waals surface area contributed by atoms with Crippen molar-refractivity contribution in [3.63, 3.8) is 0 Å². The maximum absolute atomic E-state index is 11.3. The lowest BCUT2D eigenvalue weighted by Crippen LogP contribution is -2.43. The Balaban J connectivity index is 2.21. The fraction of sp³-hybridized carbons (Fsp3) is 0.250. The first kappa shape index (κ1) is 16.0. The van der Waals surface area contributed by atoms with Crippen LogP contribution < -0.4 is 15.6 Å². The zero-order valence-electron chi connectivity index (χ0n) is 10.4. The van der Waals surface area contributed by atoms with Crippen molar-refractivity contribution in [3.05, 3.63) is 28.7 Å². The predicted molar refractivity (Wildman–Crippen MR) is 72.8 cm³/mol. The molecule has 0 aromatic heterocycles. The molecular weight excluding hydrogens is 332 g/mol. The van der Waals surface area contributed by atoms with E-state index in [1.165, 1.54) is 0 Å². The minimum atomic E-state index is -1.08. The average molecular weight is 345 g/mol. The lowest BCUT2D eigenvalue weighted by Gasteiger charge is -2.08. The minimum absolute atomic E-state index is 0.205. The number of nitrogens with one attached hydrogen (secondary N) is 2. The SMILES string of the molecule is O=C(O)CCC(=O)NNC(=O)COc1ccc(Br)cc1. The van der Waals surface area contributed by atoms with Gasteiger partial charge < -0.3 is 9.84 Å². The molecule has 0 unspecified atom stereocenters. The van der Waals surface area contributed by atoms with Gasteiger partial charge in [0.15, 0.2) is 6.61 Å². The number of hydrogen-bond acceptors (Lipinski definition) is 4. The maximum Gasteiger partial charge on any atom is 0.303 e. The van der Waals surface area contributed by atoms with E-state index in [2.05, 4.69) is 26.8 Å². The Kier molecular flexibility index (Phi) is 6.51. The van der Waals surface area contributed by atoms with Gasteiger partial charge in [0.25, 0.3) is 5.91 Å². The third-order valence-corrected chi connectivity index (χ3v) is 2.62. The van der Waals surface area contributed by atoms with Crippen LogP contribution in [-0.2, 0) is 14.4 Å². The highest BCUT2D eigenvalue weighted by molar-refractivity contribution is 9.10. The summed E-state index contributed by atoms with van der Waals surface area (Å²) in [6.07, 6.45) is -0.500. The van der Waals surface area contributed by atoms with Crippen LogP contribution in [0.1, 0.15) is 12.8 Å². The third-order valence-electron chi connectivity index (χ3n) is 2.09. The molecule has 3 N–H and O–H groups in total. The number of carboxylic acids is 1. The summed E-state index contributed by atoms with van der Waals surface area (Å²) in [5.41, 5.74) is 4.22. The van der Waals surface area contributed by atoms with Gasteiger partial charge in [0.2, 0.25) is 5.91 Å². The number of carbonyl (C=O) groups is 3. The summed E-state index contributed by atoms with van der Waals surface area (Å²) in [6.45, 7) is -0.263. The summed E-state index contributed by atoms with van der Waals surface area (Å²) >= 11 is 3.27. The Morgan fingerprint density at radius 3 is 2.25 bits per heavy atom. The summed E-state index contributed by atoms with van der Waals surface area (Å²) in [4.78, 5) is 32.7. The third kappa shape index (κ3) is 6.74. The number of carbonyl (C=O) groups excluding carboxylic acids is 2. The lowest BCUT2D eigenvalue weighted by atomic mass is 10.3. The highest BCUT2D eigenvalue weighted by atomic mass is 79.9. The first-order valence-corrected chi connectivity index (χ1v) is 6.44. The number of amides is 2. The van der Waals surface area contributed by atoms with Crippen LogP contribution in [0.15, 0.2) is 28.7 Å². The van der Waals surface area contributed by atoms with Crippen LogP contribution in [0.3, 0.4) is 0 Å². The molecule has 0 heterocycles. The molecule has 2 amide bonds. The van der Waals surface area contributed by atoms with Crippen molar-refractivity contribution in [2.45, 2.75) is 12.8 Å². The summed E-state index contributed by atoms with van der Waals surface area (Å²) in [7, 11) is 0. The minimum Gasteiger partial charge on any atom is -0.484 e. The fourth-order valence-corrected chi connectivity index (χ4v) is 1.40. The average Bonchev–Trinajstić information content (AvgIpc) is 2.42. The van der Waals surface area contributed by atoms with Gasteiger partial charge in [-0.15, -0.1) is 0 Å². The van der Waals surface area contributed by atoms with Gasteiger partial charge in [-0.2, -0.15) is 0 Å². The van der Waals surface area contributed by atoms with E-state index in [0.29, 0.717) is 5.75 Å². The molecule has 0 aliphatic carbocycles. The summed E-state index contributed by atoms with van der Waals surface area (Å²) < 4.78 is 6.06. The monoisotopic (exact) mass is 344 g/mol. The fourth-order valence-electron chi connectivity index (χ4n) is 1.14. The van der Waals surface area contributed by atoms with Gasteiger partial charge in [0.05, 0.1) is 6.42 Å². The van der Waals surface area contributed by atoms with Crippen molar-refractivity contribution < 1.29 is 24.2 Å². The van der Waals surface area contributed by atoms with E-state index in [1.54, 1.807) is 24.3 Å². The number of ether oxygens (including phenoxy) is 1. The summed E-state index contributed by atoms with van der Waals surface area (Å²) in [6, 6.07) is 6.90. The first-order chi connectivity index (χ1) is 9.47. The molecule has 20 heavy (non-hydrogen) atoms. The standard InChI is InChI=1S/C12H13BrN2O5/c13-8-1-3-9(4-2-8)20-7-11(17)15-14-10(16)5-6-12(18)19/h1-4H,5-7H2,(H,14,16)(H,15,17)(H,18,19). The van der Waals surface area contributed by atoms with Crippen LogP contribution in [0.5, 0.6) is 5.75 Å². The molecule has 7 nitrogen and oxygen atoms in total. The van der Waals surface area contributed by atoms with E-state index in [4.69, 9.17) is 9.84 Å². The second-order valence-electron chi connectivity index (χ2n) is 3.73. The summed E-state index contributed by atoms with van der Waals surface area (Å²) in [5.74, 6) is -1.69. The van der Waals surface area contributed by atoms with Gasteiger partial charge in [0.1, 0.15) is 5.75 Å². The number of carboxylic acid groups (broad SMARTS) is 1. The molecular formula is C12H13BrN2O5. The molecule has 8 heteroatoms. The molecule has 1 aromatic carbocycles. The maximum atomic E-state index is 11.3.